The molecule has 0 N–H and O–H groups in total. The molecule has 1 fully saturated rings. The fraction of sp³-hybridized carbons (Fsp3) is 0.444. The standard InChI is InChI=1S/C27H34N2O8/c1-5-33-22-17-20(18-23(34-6-2)24(22)35-7-3)26(31)29-15-13-28(14-16-29)25(30)19-9-11-21(12-10-19)37-27(32)36-8-4/h9-12,17-18H,5-8,13-16H2,1-4H3. The average molecular weight is 515 g/mol. The SMILES string of the molecule is CCOC(=O)Oc1ccc(C(=O)N2CCN(C(=O)c3cc(OCC)c(OCC)c(OCC)c3)CC2)cc1. The molecule has 0 atom stereocenters. The van der Waals surface area contributed by atoms with E-state index in [4.69, 9.17) is 23.7 Å². The summed E-state index contributed by atoms with van der Waals surface area (Å²) < 4.78 is 27.0. The summed E-state index contributed by atoms with van der Waals surface area (Å²) in [6.07, 6.45) is -0.795. The van der Waals surface area contributed by atoms with Gasteiger partial charge in [-0.1, -0.05) is 0 Å². The van der Waals surface area contributed by atoms with E-state index in [9.17, 15) is 14.4 Å². The third kappa shape index (κ3) is 7.05. The Morgan fingerprint density at radius 1 is 0.676 bits per heavy atom. The van der Waals surface area contributed by atoms with Crippen molar-refractivity contribution in [3.05, 3.63) is 47.5 Å². The summed E-state index contributed by atoms with van der Waals surface area (Å²) in [6, 6.07) is 9.63. The number of piperazine rings is 1. The normalized spacial score (nSPS) is 13.1. The number of hydrogen-bond acceptors (Lipinski definition) is 8. The van der Waals surface area contributed by atoms with Crippen LogP contribution in [0.4, 0.5) is 4.79 Å². The van der Waals surface area contributed by atoms with Crippen LogP contribution in [0.1, 0.15) is 48.4 Å². The Kier molecular flexibility index (Phi) is 10.00. The summed E-state index contributed by atoms with van der Waals surface area (Å²) >= 11 is 0. The van der Waals surface area contributed by atoms with Crippen molar-refractivity contribution >= 4 is 18.0 Å². The van der Waals surface area contributed by atoms with Crippen LogP contribution in [0.5, 0.6) is 23.0 Å². The Morgan fingerprint density at radius 3 is 1.62 bits per heavy atom. The van der Waals surface area contributed by atoms with Gasteiger partial charge in [-0.15, -0.1) is 0 Å². The molecule has 1 aliphatic heterocycles. The first-order valence-electron chi connectivity index (χ1n) is 12.5. The van der Waals surface area contributed by atoms with E-state index in [-0.39, 0.29) is 18.4 Å². The van der Waals surface area contributed by atoms with Crippen LogP contribution in [0.3, 0.4) is 0 Å². The van der Waals surface area contributed by atoms with Crippen LogP contribution < -0.4 is 18.9 Å². The summed E-state index contributed by atoms with van der Waals surface area (Å²) in [5.74, 6) is 1.37. The first-order chi connectivity index (χ1) is 17.9. The van der Waals surface area contributed by atoms with Gasteiger partial charge in [0.15, 0.2) is 11.5 Å². The van der Waals surface area contributed by atoms with Gasteiger partial charge < -0.3 is 33.5 Å². The summed E-state index contributed by atoms with van der Waals surface area (Å²) in [4.78, 5) is 41.1. The molecular formula is C27H34N2O8. The first-order valence-corrected chi connectivity index (χ1v) is 12.5. The second-order valence-electron chi connectivity index (χ2n) is 7.99. The van der Waals surface area contributed by atoms with Crippen LogP contribution in [0.25, 0.3) is 0 Å². The summed E-state index contributed by atoms with van der Waals surface area (Å²) in [5.41, 5.74) is 0.900. The molecule has 0 spiro atoms. The molecule has 1 aliphatic rings. The van der Waals surface area contributed by atoms with Crippen LogP contribution in [0.15, 0.2) is 36.4 Å². The number of benzene rings is 2. The third-order valence-corrected chi connectivity index (χ3v) is 5.57. The Labute approximate surface area is 217 Å². The Morgan fingerprint density at radius 2 is 1.16 bits per heavy atom. The molecule has 1 saturated heterocycles. The highest BCUT2D eigenvalue weighted by Gasteiger charge is 2.27. The number of ether oxygens (including phenoxy) is 5. The van der Waals surface area contributed by atoms with Gasteiger partial charge in [0.25, 0.3) is 11.8 Å². The zero-order valence-electron chi connectivity index (χ0n) is 21.8. The lowest BCUT2D eigenvalue weighted by atomic mass is 10.1. The van der Waals surface area contributed by atoms with Gasteiger partial charge in [0.05, 0.1) is 26.4 Å². The molecule has 0 radical (unpaired) electrons. The van der Waals surface area contributed by atoms with E-state index in [2.05, 4.69) is 0 Å². The monoisotopic (exact) mass is 514 g/mol. The zero-order valence-corrected chi connectivity index (χ0v) is 21.8. The van der Waals surface area contributed by atoms with E-state index in [1.807, 2.05) is 20.8 Å². The maximum atomic E-state index is 13.3. The van der Waals surface area contributed by atoms with Crippen LogP contribution in [0.2, 0.25) is 0 Å². The summed E-state index contributed by atoms with van der Waals surface area (Å²) in [6.45, 7) is 10.3. The minimum Gasteiger partial charge on any atom is -0.490 e. The summed E-state index contributed by atoms with van der Waals surface area (Å²) in [7, 11) is 0. The molecule has 0 aliphatic carbocycles. The number of amides is 2. The number of carbonyl (C=O) groups excluding carboxylic acids is 3. The van der Waals surface area contributed by atoms with Crippen LogP contribution in [-0.4, -0.2) is 80.4 Å². The van der Waals surface area contributed by atoms with Gasteiger partial charge in [-0.2, -0.15) is 0 Å². The van der Waals surface area contributed by atoms with E-state index in [0.717, 1.165) is 0 Å². The van der Waals surface area contributed by atoms with Crippen molar-refractivity contribution < 1.29 is 38.1 Å². The van der Waals surface area contributed by atoms with Crippen molar-refractivity contribution in [3.63, 3.8) is 0 Å². The second-order valence-corrected chi connectivity index (χ2v) is 7.99. The third-order valence-electron chi connectivity index (χ3n) is 5.57. The molecule has 200 valence electrons. The minimum absolute atomic E-state index is 0.159. The fourth-order valence-corrected chi connectivity index (χ4v) is 3.90. The Balaban J connectivity index is 1.66. The number of rotatable bonds is 10. The molecule has 3 rings (SSSR count). The average Bonchev–Trinajstić information content (AvgIpc) is 2.90. The first kappa shape index (κ1) is 27.6. The van der Waals surface area contributed by atoms with Gasteiger partial charge in [0, 0.05) is 37.3 Å². The van der Waals surface area contributed by atoms with E-state index < -0.39 is 6.16 Å². The van der Waals surface area contributed by atoms with Gasteiger partial charge in [-0.05, 0) is 64.1 Å². The van der Waals surface area contributed by atoms with E-state index in [1.54, 1.807) is 53.1 Å². The molecule has 0 aromatic heterocycles. The second kappa shape index (κ2) is 13.4. The molecule has 2 aromatic carbocycles. The van der Waals surface area contributed by atoms with E-state index in [1.165, 1.54) is 0 Å². The van der Waals surface area contributed by atoms with Crippen molar-refractivity contribution in [1.29, 1.82) is 0 Å². The van der Waals surface area contributed by atoms with Gasteiger partial charge >= 0.3 is 6.16 Å². The molecule has 1 heterocycles. The van der Waals surface area contributed by atoms with Gasteiger partial charge in [0.1, 0.15) is 5.75 Å². The van der Waals surface area contributed by atoms with Crippen molar-refractivity contribution in [2.45, 2.75) is 27.7 Å². The van der Waals surface area contributed by atoms with Crippen molar-refractivity contribution in [2.24, 2.45) is 0 Å². The van der Waals surface area contributed by atoms with Crippen LogP contribution >= 0.6 is 0 Å². The van der Waals surface area contributed by atoms with E-state index in [0.29, 0.717) is 80.1 Å². The minimum atomic E-state index is -0.795. The summed E-state index contributed by atoms with van der Waals surface area (Å²) in [5, 5.41) is 0. The van der Waals surface area contributed by atoms with Gasteiger partial charge in [-0.25, -0.2) is 4.79 Å². The van der Waals surface area contributed by atoms with Crippen LogP contribution in [-0.2, 0) is 4.74 Å². The molecule has 0 unspecified atom stereocenters. The zero-order chi connectivity index (χ0) is 26.8. The number of nitrogens with zero attached hydrogens (tertiary/aromatic N) is 2. The maximum absolute atomic E-state index is 13.3. The lowest BCUT2D eigenvalue weighted by Gasteiger charge is -2.35. The fourth-order valence-electron chi connectivity index (χ4n) is 3.90. The molecule has 2 aromatic rings. The lowest BCUT2D eigenvalue weighted by Crippen LogP contribution is -2.50. The van der Waals surface area contributed by atoms with Gasteiger partial charge in [0.2, 0.25) is 5.75 Å². The highest BCUT2D eigenvalue weighted by molar-refractivity contribution is 5.97. The predicted molar refractivity (Wildman–Crippen MR) is 136 cm³/mol. The predicted octanol–water partition coefficient (Wildman–Crippen LogP) is 4.02. The van der Waals surface area contributed by atoms with Gasteiger partial charge in [-0.3, -0.25) is 9.59 Å². The highest BCUT2D eigenvalue weighted by Crippen LogP contribution is 2.39. The van der Waals surface area contributed by atoms with Crippen molar-refractivity contribution in [3.8, 4) is 23.0 Å². The molecule has 10 heteroatoms. The molecule has 0 bridgehead atoms. The maximum Gasteiger partial charge on any atom is 0.513 e. The molecular weight excluding hydrogens is 480 g/mol. The van der Waals surface area contributed by atoms with Crippen molar-refractivity contribution in [1.82, 2.24) is 9.80 Å². The highest BCUT2D eigenvalue weighted by atomic mass is 16.7. The molecule has 37 heavy (non-hydrogen) atoms. The smallest absolute Gasteiger partial charge is 0.490 e. The molecule has 10 nitrogen and oxygen atoms in total. The topological polar surface area (TPSA) is 104 Å². The Hall–Kier alpha value is -3.95. The van der Waals surface area contributed by atoms with E-state index >= 15 is 0 Å². The lowest BCUT2D eigenvalue weighted by molar-refractivity contribution is 0.0535. The quantitative estimate of drug-likeness (QED) is 0.346. The molecule has 0 saturated carbocycles. The largest absolute Gasteiger partial charge is 0.513 e. The van der Waals surface area contributed by atoms with Crippen molar-refractivity contribution in [2.75, 3.05) is 52.6 Å². The number of carbonyl (C=O) groups is 3. The number of hydrogen-bond donors (Lipinski definition) is 0. The van der Waals surface area contributed by atoms with Crippen LogP contribution in [0, 0.1) is 0 Å². The molecule has 2 amide bonds. The Bertz CT molecular complexity index is 1050.